The van der Waals surface area contributed by atoms with E-state index in [1.807, 2.05) is 40.9 Å². The Kier molecular flexibility index (Phi) is 5.48. The van der Waals surface area contributed by atoms with Gasteiger partial charge in [-0.25, -0.2) is 9.97 Å². The van der Waals surface area contributed by atoms with Crippen LogP contribution in [-0.2, 0) is 11.2 Å². The first-order valence-electron chi connectivity index (χ1n) is 8.97. The molecule has 3 N–H and O–H groups in total. The molecule has 3 heterocycles. The van der Waals surface area contributed by atoms with Crippen LogP contribution in [0.5, 0.6) is 5.75 Å². The number of anilines is 2. The normalized spacial score (nSPS) is 10.9. The first-order chi connectivity index (χ1) is 14.4. The number of nitrogens with zero attached hydrogens (tertiary/aromatic N) is 3. The number of rotatable bonds is 5. The molecule has 3 aromatic heterocycles. The third kappa shape index (κ3) is 4.03. The van der Waals surface area contributed by atoms with Crippen LogP contribution in [0, 0.1) is 0 Å². The predicted octanol–water partition coefficient (Wildman–Crippen LogP) is 4.48. The van der Waals surface area contributed by atoms with Crippen molar-refractivity contribution in [1.82, 2.24) is 14.4 Å². The Morgan fingerprint density at radius 1 is 1.17 bits per heavy atom. The van der Waals surface area contributed by atoms with Crippen LogP contribution in [0.2, 0.25) is 10.2 Å². The number of carbonyl (C=O) groups is 1. The monoisotopic (exact) mass is 441 g/mol. The number of nitrogen functional groups attached to an aromatic ring is 1. The van der Waals surface area contributed by atoms with E-state index in [0.717, 1.165) is 11.3 Å². The Balaban J connectivity index is 1.61. The van der Waals surface area contributed by atoms with Crippen LogP contribution in [0.15, 0.2) is 54.7 Å². The highest BCUT2D eigenvalue weighted by molar-refractivity contribution is 6.33. The van der Waals surface area contributed by atoms with Crippen LogP contribution in [-0.4, -0.2) is 27.4 Å². The number of pyridine rings is 2. The smallest absolute Gasteiger partial charge is 0.230 e. The summed E-state index contributed by atoms with van der Waals surface area (Å²) in [6, 6.07) is 14.3. The van der Waals surface area contributed by atoms with Crippen LogP contribution in [0.25, 0.3) is 16.9 Å². The minimum atomic E-state index is -0.266. The maximum atomic E-state index is 12.5. The van der Waals surface area contributed by atoms with Gasteiger partial charge in [-0.1, -0.05) is 29.3 Å². The zero-order chi connectivity index (χ0) is 21.3. The van der Waals surface area contributed by atoms with E-state index >= 15 is 0 Å². The van der Waals surface area contributed by atoms with Gasteiger partial charge in [-0.2, -0.15) is 0 Å². The number of halogens is 2. The first-order valence-corrected chi connectivity index (χ1v) is 9.73. The number of hydrogen-bond donors (Lipinski definition) is 2. The highest BCUT2D eigenvalue weighted by Crippen LogP contribution is 2.31. The SMILES string of the molecule is COc1ccc(-c2cccc3nc(CC(=O)Nc4ccc(Cl)nc4N)cn23)c(Cl)c1. The second-order valence-electron chi connectivity index (χ2n) is 6.51. The lowest BCUT2D eigenvalue weighted by molar-refractivity contribution is -0.115. The molecule has 7 nitrogen and oxygen atoms in total. The molecule has 0 bridgehead atoms. The first kappa shape index (κ1) is 20.0. The van der Waals surface area contributed by atoms with E-state index < -0.39 is 0 Å². The van der Waals surface area contributed by atoms with Gasteiger partial charge in [-0.05, 0) is 42.5 Å². The molecule has 0 saturated carbocycles. The van der Waals surface area contributed by atoms with Gasteiger partial charge in [-0.3, -0.25) is 9.20 Å². The summed E-state index contributed by atoms with van der Waals surface area (Å²) in [6.07, 6.45) is 1.88. The van der Waals surface area contributed by atoms with Gasteiger partial charge in [0.15, 0.2) is 0 Å². The number of nitrogens with two attached hydrogens (primary N) is 1. The Hall–Kier alpha value is -3.29. The topological polar surface area (TPSA) is 94.5 Å². The number of aromatic nitrogens is 3. The zero-order valence-corrected chi connectivity index (χ0v) is 17.4. The number of carbonyl (C=O) groups excluding carboxylic acids is 1. The van der Waals surface area contributed by atoms with Crippen molar-refractivity contribution in [2.45, 2.75) is 6.42 Å². The lowest BCUT2D eigenvalue weighted by Crippen LogP contribution is -2.16. The van der Waals surface area contributed by atoms with Crippen LogP contribution >= 0.6 is 23.2 Å². The van der Waals surface area contributed by atoms with Crippen molar-refractivity contribution >= 4 is 46.3 Å². The lowest BCUT2D eigenvalue weighted by Gasteiger charge is -2.09. The van der Waals surface area contributed by atoms with Gasteiger partial charge < -0.3 is 15.8 Å². The Bertz CT molecular complexity index is 1260. The third-order valence-electron chi connectivity index (χ3n) is 4.50. The number of hydrogen-bond acceptors (Lipinski definition) is 5. The van der Waals surface area contributed by atoms with Crippen molar-refractivity contribution < 1.29 is 9.53 Å². The number of benzene rings is 1. The molecule has 0 aliphatic heterocycles. The summed E-state index contributed by atoms with van der Waals surface area (Å²) < 4.78 is 7.11. The van der Waals surface area contributed by atoms with E-state index in [1.165, 1.54) is 0 Å². The van der Waals surface area contributed by atoms with Gasteiger partial charge in [0.05, 0.1) is 35.6 Å². The molecule has 4 aromatic rings. The van der Waals surface area contributed by atoms with Gasteiger partial charge in [0.2, 0.25) is 5.91 Å². The molecule has 0 aliphatic carbocycles. The molecule has 9 heteroatoms. The fourth-order valence-electron chi connectivity index (χ4n) is 3.11. The molecule has 30 heavy (non-hydrogen) atoms. The average molecular weight is 442 g/mol. The summed E-state index contributed by atoms with van der Waals surface area (Å²) in [6.45, 7) is 0. The van der Waals surface area contributed by atoms with E-state index in [1.54, 1.807) is 25.3 Å². The molecule has 0 unspecified atom stereocenters. The summed E-state index contributed by atoms with van der Waals surface area (Å²) in [7, 11) is 1.59. The van der Waals surface area contributed by atoms with Crippen LogP contribution in [0.4, 0.5) is 11.5 Å². The molecule has 0 radical (unpaired) electrons. The van der Waals surface area contributed by atoms with Crippen molar-refractivity contribution in [3.8, 4) is 17.0 Å². The van der Waals surface area contributed by atoms with E-state index in [9.17, 15) is 4.79 Å². The van der Waals surface area contributed by atoms with Crippen molar-refractivity contribution in [2.75, 3.05) is 18.2 Å². The minimum absolute atomic E-state index is 0.0690. The Morgan fingerprint density at radius 3 is 2.73 bits per heavy atom. The molecule has 0 spiro atoms. The third-order valence-corrected chi connectivity index (χ3v) is 5.02. The van der Waals surface area contributed by atoms with Gasteiger partial charge in [0.25, 0.3) is 0 Å². The molecule has 152 valence electrons. The quantitative estimate of drug-likeness (QED) is 0.445. The standard InChI is InChI=1S/C21H17Cl2N5O2/c1-30-13-5-6-14(15(22)10-13)17-3-2-4-19-25-12(11-28(17)19)9-20(29)26-16-7-8-18(23)27-21(16)24/h2-8,10-11H,9H2,1H3,(H2,24,27)(H,26,29). The second kappa shape index (κ2) is 8.22. The number of imidazole rings is 1. The Labute approximate surface area is 182 Å². The maximum Gasteiger partial charge on any atom is 0.230 e. The molecular formula is C21H17Cl2N5O2. The van der Waals surface area contributed by atoms with Gasteiger partial charge in [0.1, 0.15) is 22.4 Å². The van der Waals surface area contributed by atoms with Gasteiger partial charge in [0, 0.05) is 11.8 Å². The number of fused-ring (bicyclic) bond motifs is 1. The average Bonchev–Trinajstić information content (AvgIpc) is 3.12. The second-order valence-corrected chi connectivity index (χ2v) is 7.30. The van der Waals surface area contributed by atoms with E-state index in [4.69, 9.17) is 33.7 Å². The molecule has 1 amide bonds. The summed E-state index contributed by atoms with van der Waals surface area (Å²) in [4.78, 5) is 20.9. The summed E-state index contributed by atoms with van der Waals surface area (Å²) in [5.41, 5.74) is 9.18. The fraction of sp³-hybridized carbons (Fsp3) is 0.0952. The minimum Gasteiger partial charge on any atom is -0.497 e. The molecule has 0 saturated heterocycles. The summed E-state index contributed by atoms with van der Waals surface area (Å²) in [5, 5.41) is 3.54. The lowest BCUT2D eigenvalue weighted by atomic mass is 10.1. The van der Waals surface area contributed by atoms with Crippen molar-refractivity contribution in [3.05, 3.63) is 70.6 Å². The van der Waals surface area contributed by atoms with Crippen LogP contribution in [0.1, 0.15) is 5.69 Å². The fourth-order valence-corrected chi connectivity index (χ4v) is 3.53. The van der Waals surface area contributed by atoms with E-state index in [-0.39, 0.29) is 23.3 Å². The zero-order valence-electron chi connectivity index (χ0n) is 15.9. The maximum absolute atomic E-state index is 12.5. The van der Waals surface area contributed by atoms with Gasteiger partial charge in [-0.15, -0.1) is 0 Å². The van der Waals surface area contributed by atoms with E-state index in [2.05, 4.69) is 15.3 Å². The highest BCUT2D eigenvalue weighted by Gasteiger charge is 2.14. The molecular weight excluding hydrogens is 425 g/mol. The number of ether oxygens (including phenoxy) is 1. The molecule has 0 fully saturated rings. The molecule has 1 aromatic carbocycles. The summed E-state index contributed by atoms with van der Waals surface area (Å²) in [5.74, 6) is 0.565. The molecule has 4 rings (SSSR count). The predicted molar refractivity (Wildman–Crippen MR) is 118 cm³/mol. The number of amides is 1. The van der Waals surface area contributed by atoms with Crippen molar-refractivity contribution in [1.29, 1.82) is 0 Å². The number of nitrogens with one attached hydrogen (secondary N) is 1. The van der Waals surface area contributed by atoms with Crippen molar-refractivity contribution in [3.63, 3.8) is 0 Å². The van der Waals surface area contributed by atoms with Crippen molar-refractivity contribution in [2.24, 2.45) is 0 Å². The van der Waals surface area contributed by atoms with Crippen LogP contribution in [0.3, 0.4) is 0 Å². The summed E-state index contributed by atoms with van der Waals surface area (Å²) >= 11 is 12.2. The Morgan fingerprint density at radius 2 is 2.00 bits per heavy atom. The largest absolute Gasteiger partial charge is 0.497 e. The van der Waals surface area contributed by atoms with E-state index in [0.29, 0.717) is 27.8 Å². The molecule has 0 aliphatic rings. The van der Waals surface area contributed by atoms with Crippen LogP contribution < -0.4 is 15.8 Å². The highest BCUT2D eigenvalue weighted by atomic mass is 35.5. The molecule has 0 atom stereocenters. The number of methoxy groups -OCH3 is 1. The van der Waals surface area contributed by atoms with Gasteiger partial charge >= 0.3 is 0 Å².